The number of aromatic amines is 1. The van der Waals surface area contributed by atoms with Crippen LogP contribution < -0.4 is 5.32 Å². The Hall–Kier alpha value is -1.34. The number of hydrogen-bond acceptors (Lipinski definition) is 5. The van der Waals surface area contributed by atoms with E-state index in [1.54, 1.807) is 11.3 Å². The number of nitrogens with one attached hydrogen (secondary N) is 2. The normalized spacial score (nSPS) is 16.6. The van der Waals surface area contributed by atoms with Crippen molar-refractivity contribution in [3.8, 4) is 0 Å². The second-order valence-electron chi connectivity index (χ2n) is 5.98. The topological polar surface area (TPSA) is 70.7 Å². The number of thioether (sulfide) groups is 1. The Morgan fingerprint density at radius 3 is 3.09 bits per heavy atom. The van der Waals surface area contributed by atoms with E-state index >= 15 is 0 Å². The lowest BCUT2D eigenvalue weighted by atomic mass is 10.0. The van der Waals surface area contributed by atoms with Crippen LogP contribution in [0, 0.1) is 5.92 Å². The predicted octanol–water partition coefficient (Wildman–Crippen LogP) is 3.40. The number of thiophene rings is 1. The molecule has 0 aromatic carbocycles. The minimum atomic E-state index is -0.204. The van der Waals surface area contributed by atoms with E-state index in [0.29, 0.717) is 11.7 Å². The van der Waals surface area contributed by atoms with Gasteiger partial charge in [-0.3, -0.25) is 9.89 Å². The zero-order valence-electron chi connectivity index (χ0n) is 13.2. The first-order valence-electron chi connectivity index (χ1n) is 8.08. The van der Waals surface area contributed by atoms with Crippen LogP contribution in [0.4, 0.5) is 0 Å². The first-order valence-corrected chi connectivity index (χ1v) is 9.84. The van der Waals surface area contributed by atoms with Gasteiger partial charge in [-0.25, -0.2) is 4.98 Å². The van der Waals surface area contributed by atoms with Gasteiger partial charge in [-0.2, -0.15) is 0 Å². The van der Waals surface area contributed by atoms with Gasteiger partial charge in [0.2, 0.25) is 11.1 Å². The molecule has 0 spiro atoms. The van der Waals surface area contributed by atoms with Crippen LogP contribution in [-0.4, -0.2) is 26.3 Å². The Morgan fingerprint density at radius 2 is 2.35 bits per heavy atom. The number of nitrogens with zero attached hydrogens (tertiary/aromatic N) is 2. The smallest absolute Gasteiger partial charge is 0.233 e. The summed E-state index contributed by atoms with van der Waals surface area (Å²) in [6, 6.07) is 4.01. The number of H-pyrrole nitrogens is 1. The zero-order valence-corrected chi connectivity index (χ0v) is 14.9. The molecule has 5 nitrogen and oxygen atoms in total. The van der Waals surface area contributed by atoms with Crippen molar-refractivity contribution in [3.05, 3.63) is 28.2 Å². The third-order valence-corrected chi connectivity index (χ3v) is 5.97. The molecule has 1 atom stereocenters. The van der Waals surface area contributed by atoms with Crippen LogP contribution in [0.3, 0.4) is 0 Å². The summed E-state index contributed by atoms with van der Waals surface area (Å²) in [7, 11) is 0. The Kier molecular flexibility index (Phi) is 5.72. The van der Waals surface area contributed by atoms with Gasteiger partial charge in [0.05, 0.1) is 11.8 Å². The van der Waals surface area contributed by atoms with Crippen LogP contribution in [-0.2, 0) is 17.8 Å². The first kappa shape index (κ1) is 16.5. The molecule has 3 rings (SSSR count). The third kappa shape index (κ3) is 4.81. The fraction of sp³-hybridized carbons (Fsp3) is 0.562. The van der Waals surface area contributed by atoms with Crippen molar-refractivity contribution in [2.45, 2.75) is 56.0 Å². The summed E-state index contributed by atoms with van der Waals surface area (Å²) in [5.74, 6) is 1.71. The monoisotopic (exact) mass is 350 g/mol. The Balaban J connectivity index is 1.46. The van der Waals surface area contributed by atoms with Crippen molar-refractivity contribution < 1.29 is 4.79 Å². The van der Waals surface area contributed by atoms with Crippen molar-refractivity contribution in [2.75, 3.05) is 0 Å². The summed E-state index contributed by atoms with van der Waals surface area (Å²) in [5, 5.41) is 12.7. The average Bonchev–Trinajstić information content (AvgIpc) is 3.28. The average molecular weight is 351 g/mol. The highest BCUT2D eigenvalue weighted by Gasteiger charge is 2.20. The molecule has 0 radical (unpaired) electrons. The highest BCUT2D eigenvalue weighted by atomic mass is 32.2. The summed E-state index contributed by atoms with van der Waals surface area (Å²) in [5.41, 5.74) is 0. The molecule has 2 aromatic rings. The predicted molar refractivity (Wildman–Crippen MR) is 93.5 cm³/mol. The number of carbonyl (C=O) groups is 1. The van der Waals surface area contributed by atoms with Crippen molar-refractivity contribution >= 4 is 29.0 Å². The summed E-state index contributed by atoms with van der Waals surface area (Å²) in [6.07, 6.45) is 6.24. The maximum Gasteiger partial charge on any atom is 0.233 e. The fourth-order valence-electron chi connectivity index (χ4n) is 2.85. The lowest BCUT2D eigenvalue weighted by Crippen LogP contribution is -2.30. The molecule has 1 amide bonds. The number of amides is 1. The van der Waals surface area contributed by atoms with Crippen molar-refractivity contribution in [1.29, 1.82) is 0 Å². The molecule has 0 aliphatic heterocycles. The summed E-state index contributed by atoms with van der Waals surface area (Å²) in [4.78, 5) is 17.8. The fourth-order valence-corrected chi connectivity index (χ4v) is 4.26. The van der Waals surface area contributed by atoms with Gasteiger partial charge >= 0.3 is 0 Å². The number of carbonyl (C=O) groups excluding carboxylic acids is 1. The van der Waals surface area contributed by atoms with E-state index in [1.165, 1.54) is 37.4 Å². The summed E-state index contributed by atoms with van der Waals surface area (Å²) >= 11 is 3.05. The molecule has 23 heavy (non-hydrogen) atoms. The molecular weight excluding hydrogens is 328 g/mol. The van der Waals surface area contributed by atoms with Gasteiger partial charge in [0.15, 0.2) is 0 Å². The van der Waals surface area contributed by atoms with Gasteiger partial charge in [-0.1, -0.05) is 43.5 Å². The minimum absolute atomic E-state index is 0.0190. The summed E-state index contributed by atoms with van der Waals surface area (Å²) in [6.45, 7) is 2.48. The molecule has 2 heterocycles. The molecule has 1 aliphatic rings. The molecule has 1 fully saturated rings. The maximum atomic E-state index is 12.1. The number of rotatable bonds is 7. The quantitative estimate of drug-likeness (QED) is 0.751. The van der Waals surface area contributed by atoms with E-state index in [0.717, 1.165) is 23.0 Å². The molecule has 0 saturated heterocycles. The van der Waals surface area contributed by atoms with E-state index in [-0.39, 0.29) is 11.2 Å². The molecule has 1 saturated carbocycles. The van der Waals surface area contributed by atoms with Crippen LogP contribution in [0.5, 0.6) is 0 Å². The Labute approximate surface area is 144 Å². The molecule has 0 bridgehead atoms. The summed E-state index contributed by atoms with van der Waals surface area (Å²) < 4.78 is 0. The van der Waals surface area contributed by atoms with Gasteiger partial charge < -0.3 is 5.32 Å². The van der Waals surface area contributed by atoms with Crippen LogP contribution in [0.2, 0.25) is 0 Å². The van der Waals surface area contributed by atoms with E-state index in [9.17, 15) is 4.79 Å². The van der Waals surface area contributed by atoms with Gasteiger partial charge in [-0.15, -0.1) is 16.4 Å². The first-order chi connectivity index (χ1) is 11.2. The van der Waals surface area contributed by atoms with Crippen molar-refractivity contribution in [1.82, 2.24) is 20.5 Å². The van der Waals surface area contributed by atoms with Crippen LogP contribution in [0.25, 0.3) is 0 Å². The lowest BCUT2D eigenvalue weighted by Gasteiger charge is -2.09. The number of aromatic nitrogens is 3. The SMILES string of the molecule is CC(Sc1n[nH]c(CC2CCCC2)n1)C(=O)NCc1cccs1. The third-order valence-electron chi connectivity index (χ3n) is 4.14. The molecule has 124 valence electrons. The zero-order chi connectivity index (χ0) is 16.1. The molecular formula is C16H22N4OS2. The second-order valence-corrected chi connectivity index (χ2v) is 8.32. The van der Waals surface area contributed by atoms with Gasteiger partial charge in [0.25, 0.3) is 0 Å². The molecule has 2 N–H and O–H groups in total. The Bertz CT molecular complexity index is 620. The molecule has 7 heteroatoms. The van der Waals surface area contributed by atoms with Gasteiger partial charge in [0, 0.05) is 11.3 Å². The maximum absolute atomic E-state index is 12.1. The highest BCUT2D eigenvalue weighted by Crippen LogP contribution is 2.28. The standard InChI is InChI=1S/C16H22N4OS2/c1-11(15(21)17-10-13-7-4-8-22-13)23-16-18-14(19-20-16)9-12-5-2-3-6-12/h4,7-8,11-12H,2-3,5-6,9-10H2,1H3,(H,17,21)(H,18,19,20). The van der Waals surface area contributed by atoms with Crippen molar-refractivity contribution in [2.24, 2.45) is 5.92 Å². The van der Waals surface area contributed by atoms with E-state index in [2.05, 4.69) is 20.5 Å². The van der Waals surface area contributed by atoms with Gasteiger partial charge in [0.1, 0.15) is 5.82 Å². The van der Waals surface area contributed by atoms with Crippen molar-refractivity contribution in [3.63, 3.8) is 0 Å². The minimum Gasteiger partial charge on any atom is -0.350 e. The Morgan fingerprint density at radius 1 is 1.52 bits per heavy atom. The van der Waals surface area contributed by atoms with E-state index in [4.69, 9.17) is 0 Å². The highest BCUT2D eigenvalue weighted by molar-refractivity contribution is 8.00. The number of hydrogen-bond donors (Lipinski definition) is 2. The molecule has 1 unspecified atom stereocenters. The van der Waals surface area contributed by atoms with Crippen LogP contribution >= 0.6 is 23.1 Å². The molecule has 2 aromatic heterocycles. The lowest BCUT2D eigenvalue weighted by molar-refractivity contribution is -0.120. The van der Waals surface area contributed by atoms with Crippen LogP contribution in [0.1, 0.15) is 43.3 Å². The van der Waals surface area contributed by atoms with Crippen LogP contribution in [0.15, 0.2) is 22.7 Å². The largest absolute Gasteiger partial charge is 0.350 e. The molecule has 1 aliphatic carbocycles. The van der Waals surface area contributed by atoms with E-state index < -0.39 is 0 Å². The van der Waals surface area contributed by atoms with E-state index in [1.807, 2.05) is 24.4 Å². The van der Waals surface area contributed by atoms with Gasteiger partial charge in [-0.05, 0) is 24.3 Å². The second kappa shape index (κ2) is 7.97.